The Hall–Kier alpha value is -3.35. The van der Waals surface area contributed by atoms with E-state index in [1.807, 2.05) is 0 Å². The molecule has 0 saturated carbocycles. The Morgan fingerprint density at radius 1 is 1.36 bits per heavy atom. The van der Waals surface area contributed by atoms with Crippen LogP contribution in [0.5, 0.6) is 0 Å². The van der Waals surface area contributed by atoms with Crippen molar-refractivity contribution in [1.29, 1.82) is 0 Å². The predicted octanol–water partition coefficient (Wildman–Crippen LogP) is 1.84. The van der Waals surface area contributed by atoms with Crippen LogP contribution in [0.25, 0.3) is 0 Å². The molecule has 0 saturated heterocycles. The minimum Gasteiger partial charge on any atom is -0.465 e. The largest absolute Gasteiger partial charge is 0.465 e. The lowest BCUT2D eigenvalue weighted by atomic mass is 9.64. The van der Waals surface area contributed by atoms with Crippen molar-refractivity contribution in [2.45, 2.75) is 24.7 Å². The van der Waals surface area contributed by atoms with Crippen molar-refractivity contribution in [2.75, 3.05) is 18.6 Å². The van der Waals surface area contributed by atoms with Crippen molar-refractivity contribution >= 4 is 23.3 Å². The van der Waals surface area contributed by atoms with Crippen LogP contribution in [-0.4, -0.2) is 31.3 Å². The molecular formula is C21H20N2O5. The van der Waals surface area contributed by atoms with E-state index in [1.165, 1.54) is 12.0 Å². The fourth-order valence-electron chi connectivity index (χ4n) is 4.43. The number of hydrogen-bond donors (Lipinski definition) is 1. The number of carbonyl (C=O) groups excluding carboxylic acids is 3. The lowest BCUT2D eigenvalue weighted by Crippen LogP contribution is -2.51. The number of esters is 1. The highest BCUT2D eigenvalue weighted by molar-refractivity contribution is 6.23. The number of ketones is 1. The third-order valence-electron chi connectivity index (χ3n) is 5.46. The van der Waals surface area contributed by atoms with Gasteiger partial charge in [0.1, 0.15) is 16.7 Å². The Labute approximate surface area is 162 Å². The van der Waals surface area contributed by atoms with Crippen LogP contribution < -0.4 is 10.6 Å². The number of amides is 1. The Kier molecular flexibility index (Phi) is 4.10. The van der Waals surface area contributed by atoms with Crippen molar-refractivity contribution in [3.05, 3.63) is 65.3 Å². The van der Waals surface area contributed by atoms with Crippen LogP contribution >= 0.6 is 0 Å². The van der Waals surface area contributed by atoms with Crippen molar-refractivity contribution in [1.82, 2.24) is 0 Å². The van der Waals surface area contributed by atoms with Gasteiger partial charge in [0.2, 0.25) is 11.8 Å². The van der Waals surface area contributed by atoms with Gasteiger partial charge in [-0.15, -0.1) is 6.58 Å². The van der Waals surface area contributed by atoms with Gasteiger partial charge in [0.05, 0.1) is 12.7 Å². The van der Waals surface area contributed by atoms with E-state index < -0.39 is 17.3 Å². The second kappa shape index (κ2) is 6.37. The number of allylic oxidation sites excluding steroid dienone is 1. The quantitative estimate of drug-likeness (QED) is 0.635. The first kappa shape index (κ1) is 18.0. The molecule has 1 amide bonds. The predicted molar refractivity (Wildman–Crippen MR) is 101 cm³/mol. The van der Waals surface area contributed by atoms with Gasteiger partial charge >= 0.3 is 5.97 Å². The molecule has 144 valence electrons. The minimum absolute atomic E-state index is 0.145. The van der Waals surface area contributed by atoms with Crippen molar-refractivity contribution in [2.24, 2.45) is 5.73 Å². The highest BCUT2D eigenvalue weighted by Gasteiger charge is 2.63. The molecule has 3 aliphatic rings. The van der Waals surface area contributed by atoms with E-state index in [-0.39, 0.29) is 35.8 Å². The van der Waals surface area contributed by atoms with E-state index in [0.717, 1.165) is 0 Å². The first-order valence-electron chi connectivity index (χ1n) is 9.04. The number of nitrogens with two attached hydrogens (primary N) is 1. The standard InChI is InChI=1S/C21H20N2O5/c1-3-11-23-13-8-5-4-7-12(13)21(20(23)26)16-14(24)9-6-10-15(16)28-18(22)17(21)19(25)27-2/h3-5,7-8H,1,6,9-11,22H2,2H3/t21-/m0/s1. The molecule has 4 rings (SSSR count). The lowest BCUT2D eigenvalue weighted by molar-refractivity contribution is -0.139. The third-order valence-corrected chi connectivity index (χ3v) is 5.46. The maximum absolute atomic E-state index is 13.8. The molecule has 7 heteroatoms. The second-order valence-electron chi connectivity index (χ2n) is 6.88. The molecule has 1 aliphatic carbocycles. The highest BCUT2D eigenvalue weighted by Crippen LogP contribution is 2.55. The van der Waals surface area contributed by atoms with Gasteiger partial charge in [0.15, 0.2) is 5.78 Å². The SMILES string of the molecule is C=CCN1C(=O)[C@@]2(C(C(=O)OC)=C(N)OC3=C2C(=O)CCC3)c2ccccc21. The number of carbonyl (C=O) groups is 3. The van der Waals surface area contributed by atoms with Gasteiger partial charge in [-0.05, 0) is 12.5 Å². The van der Waals surface area contributed by atoms with Crippen LogP contribution in [0.15, 0.2) is 59.7 Å². The Morgan fingerprint density at radius 2 is 2.11 bits per heavy atom. The topological polar surface area (TPSA) is 98.9 Å². The monoisotopic (exact) mass is 380 g/mol. The molecule has 1 aromatic carbocycles. The molecule has 0 fully saturated rings. The number of rotatable bonds is 3. The van der Waals surface area contributed by atoms with Crippen LogP contribution in [0.1, 0.15) is 24.8 Å². The molecule has 7 nitrogen and oxygen atoms in total. The second-order valence-corrected chi connectivity index (χ2v) is 6.88. The zero-order chi connectivity index (χ0) is 20.1. The average molecular weight is 380 g/mol. The molecule has 2 aliphatic heterocycles. The van der Waals surface area contributed by atoms with Crippen molar-refractivity contribution in [3.63, 3.8) is 0 Å². The van der Waals surface area contributed by atoms with E-state index in [9.17, 15) is 14.4 Å². The summed E-state index contributed by atoms with van der Waals surface area (Å²) in [5.41, 5.74) is 5.63. The normalized spacial score (nSPS) is 23.5. The first-order valence-corrected chi connectivity index (χ1v) is 9.04. The van der Waals surface area contributed by atoms with Gasteiger partial charge in [-0.25, -0.2) is 4.79 Å². The Morgan fingerprint density at radius 3 is 2.82 bits per heavy atom. The van der Waals surface area contributed by atoms with Gasteiger partial charge in [0.25, 0.3) is 0 Å². The minimum atomic E-state index is -1.66. The van der Waals surface area contributed by atoms with Crippen LogP contribution in [-0.2, 0) is 29.3 Å². The molecule has 28 heavy (non-hydrogen) atoms. The van der Waals surface area contributed by atoms with Gasteiger partial charge in [-0.3, -0.25) is 9.59 Å². The molecule has 2 heterocycles. The summed E-state index contributed by atoms with van der Waals surface area (Å²) < 4.78 is 10.6. The van der Waals surface area contributed by atoms with Gasteiger partial charge in [0, 0.05) is 30.6 Å². The first-order chi connectivity index (χ1) is 13.5. The zero-order valence-electron chi connectivity index (χ0n) is 15.5. The molecule has 0 aromatic heterocycles. The van der Waals surface area contributed by atoms with Gasteiger partial charge in [-0.1, -0.05) is 24.3 Å². The Bertz CT molecular complexity index is 990. The van der Waals surface area contributed by atoms with E-state index >= 15 is 0 Å². The van der Waals surface area contributed by atoms with E-state index in [1.54, 1.807) is 30.3 Å². The number of hydrogen-bond acceptors (Lipinski definition) is 6. The smallest absolute Gasteiger partial charge is 0.340 e. The summed E-state index contributed by atoms with van der Waals surface area (Å²) in [4.78, 5) is 41.2. The summed E-state index contributed by atoms with van der Waals surface area (Å²) in [7, 11) is 1.20. The summed E-state index contributed by atoms with van der Waals surface area (Å²) in [5.74, 6) is -1.30. The number of anilines is 1. The molecule has 2 N–H and O–H groups in total. The number of nitrogens with zero attached hydrogens (tertiary/aromatic N) is 1. The number of para-hydroxylation sites is 1. The summed E-state index contributed by atoms with van der Waals surface area (Å²) in [6.45, 7) is 3.95. The lowest BCUT2D eigenvalue weighted by Gasteiger charge is -2.38. The van der Waals surface area contributed by atoms with E-state index in [2.05, 4.69) is 6.58 Å². The number of benzene rings is 1. The van der Waals surface area contributed by atoms with Crippen molar-refractivity contribution in [3.8, 4) is 0 Å². The summed E-state index contributed by atoms with van der Waals surface area (Å²) >= 11 is 0. The average Bonchev–Trinajstić information content (AvgIpc) is 2.91. The molecule has 0 unspecified atom stereocenters. The number of Topliss-reactive ketones (excluding diaryl/α,β-unsaturated/α-hetero) is 1. The molecular weight excluding hydrogens is 360 g/mol. The maximum Gasteiger partial charge on any atom is 0.340 e. The third kappa shape index (κ3) is 2.13. The zero-order valence-corrected chi connectivity index (χ0v) is 15.5. The maximum atomic E-state index is 13.8. The van der Waals surface area contributed by atoms with Crippen LogP contribution in [0.2, 0.25) is 0 Å². The molecule has 1 aromatic rings. The summed E-state index contributed by atoms with van der Waals surface area (Å²) in [5, 5.41) is 0. The number of methoxy groups -OCH3 is 1. The Balaban J connectivity index is 2.12. The molecule has 0 bridgehead atoms. The fourth-order valence-corrected chi connectivity index (χ4v) is 4.43. The molecule has 0 radical (unpaired) electrons. The van der Waals surface area contributed by atoms with Gasteiger partial charge in [-0.2, -0.15) is 0 Å². The molecule has 1 atom stereocenters. The van der Waals surface area contributed by atoms with Gasteiger partial charge < -0.3 is 20.1 Å². The van der Waals surface area contributed by atoms with E-state index in [4.69, 9.17) is 15.2 Å². The summed E-state index contributed by atoms with van der Waals surface area (Å²) in [6.07, 6.45) is 2.93. The van der Waals surface area contributed by atoms with E-state index in [0.29, 0.717) is 29.9 Å². The summed E-state index contributed by atoms with van der Waals surface area (Å²) in [6, 6.07) is 7.08. The van der Waals surface area contributed by atoms with Crippen LogP contribution in [0, 0.1) is 0 Å². The number of fused-ring (bicyclic) bond motifs is 3. The van der Waals surface area contributed by atoms with Crippen LogP contribution in [0.4, 0.5) is 5.69 Å². The highest BCUT2D eigenvalue weighted by atomic mass is 16.5. The van der Waals surface area contributed by atoms with Crippen molar-refractivity contribution < 1.29 is 23.9 Å². The number of ether oxygens (including phenoxy) is 2. The fraction of sp³-hybridized carbons (Fsp3) is 0.286. The molecule has 1 spiro atoms. The van der Waals surface area contributed by atoms with Crippen LogP contribution in [0.3, 0.4) is 0 Å².